The summed E-state index contributed by atoms with van der Waals surface area (Å²) >= 11 is 6.34. The molecule has 0 aliphatic heterocycles. The summed E-state index contributed by atoms with van der Waals surface area (Å²) in [5.74, 6) is 1.45. The van der Waals surface area contributed by atoms with E-state index >= 15 is 0 Å². The molecule has 0 heterocycles. The normalized spacial score (nSPS) is 11.8. The number of halogens is 1. The third kappa shape index (κ3) is 5.59. The fourth-order valence-electron chi connectivity index (χ4n) is 1.69. The van der Waals surface area contributed by atoms with E-state index in [2.05, 4.69) is 26.1 Å². The van der Waals surface area contributed by atoms with Gasteiger partial charge >= 0.3 is 0 Å². The molecule has 0 bridgehead atoms. The Labute approximate surface area is 127 Å². The second-order valence-electron chi connectivity index (χ2n) is 6.09. The maximum atomic E-state index is 6.34. The van der Waals surface area contributed by atoms with Gasteiger partial charge in [-0.3, -0.25) is 0 Å². The Morgan fingerprint density at radius 1 is 1.20 bits per heavy atom. The Kier molecular flexibility index (Phi) is 6.15. The van der Waals surface area contributed by atoms with E-state index in [4.69, 9.17) is 21.1 Å². The van der Waals surface area contributed by atoms with Crippen LogP contribution in [0.15, 0.2) is 12.1 Å². The molecule has 1 aromatic rings. The lowest BCUT2D eigenvalue weighted by Crippen LogP contribution is -2.35. The summed E-state index contributed by atoms with van der Waals surface area (Å²) in [7, 11) is 0. The van der Waals surface area contributed by atoms with Crippen molar-refractivity contribution in [3.05, 3.63) is 22.7 Å². The van der Waals surface area contributed by atoms with E-state index in [0.29, 0.717) is 23.9 Å². The Hall–Kier alpha value is -0.930. The molecule has 114 valence electrons. The number of hydrogen-bond acceptors (Lipinski definition) is 3. The molecule has 3 nitrogen and oxygen atoms in total. The van der Waals surface area contributed by atoms with Gasteiger partial charge in [0.15, 0.2) is 11.5 Å². The third-order valence-corrected chi connectivity index (χ3v) is 2.94. The maximum Gasteiger partial charge on any atom is 0.163 e. The van der Waals surface area contributed by atoms with Crippen molar-refractivity contribution in [1.29, 1.82) is 0 Å². The average Bonchev–Trinajstić information content (AvgIpc) is 2.29. The van der Waals surface area contributed by atoms with Gasteiger partial charge < -0.3 is 14.8 Å². The number of benzene rings is 1. The van der Waals surface area contributed by atoms with Crippen LogP contribution in [0.25, 0.3) is 0 Å². The van der Waals surface area contributed by atoms with Gasteiger partial charge in [0.2, 0.25) is 0 Å². The average molecular weight is 300 g/mol. The first kappa shape index (κ1) is 17.1. The Morgan fingerprint density at radius 2 is 1.85 bits per heavy atom. The number of nitrogens with one attached hydrogen (secondary N) is 1. The van der Waals surface area contributed by atoms with Gasteiger partial charge in [-0.05, 0) is 53.2 Å². The first-order valence-corrected chi connectivity index (χ1v) is 7.47. The Morgan fingerprint density at radius 3 is 2.35 bits per heavy atom. The number of hydrogen-bond donors (Lipinski definition) is 1. The molecule has 20 heavy (non-hydrogen) atoms. The zero-order valence-corrected chi connectivity index (χ0v) is 14.1. The van der Waals surface area contributed by atoms with Crippen LogP contribution in [0, 0.1) is 0 Å². The van der Waals surface area contributed by atoms with Crippen LogP contribution in [0.3, 0.4) is 0 Å². The molecule has 0 radical (unpaired) electrons. The number of ether oxygens (including phenoxy) is 2. The second kappa shape index (κ2) is 7.19. The second-order valence-corrected chi connectivity index (χ2v) is 6.50. The van der Waals surface area contributed by atoms with Crippen LogP contribution in [0.1, 0.15) is 47.1 Å². The van der Waals surface area contributed by atoms with Crippen molar-refractivity contribution in [1.82, 2.24) is 5.32 Å². The van der Waals surface area contributed by atoms with Crippen LogP contribution >= 0.6 is 11.6 Å². The van der Waals surface area contributed by atoms with Gasteiger partial charge in [0.1, 0.15) is 0 Å². The molecule has 0 aromatic heterocycles. The fourth-order valence-corrected chi connectivity index (χ4v) is 1.91. The van der Waals surface area contributed by atoms with Crippen LogP contribution in [0.4, 0.5) is 0 Å². The molecule has 4 heteroatoms. The highest BCUT2D eigenvalue weighted by atomic mass is 35.5. The third-order valence-electron chi connectivity index (χ3n) is 2.58. The minimum Gasteiger partial charge on any atom is -0.490 e. The fraction of sp³-hybridized carbons (Fsp3) is 0.625. The largest absolute Gasteiger partial charge is 0.490 e. The zero-order valence-electron chi connectivity index (χ0n) is 13.3. The highest BCUT2D eigenvalue weighted by Gasteiger charge is 2.14. The van der Waals surface area contributed by atoms with Crippen molar-refractivity contribution >= 4 is 11.6 Å². The van der Waals surface area contributed by atoms with E-state index < -0.39 is 0 Å². The molecular weight excluding hydrogens is 274 g/mol. The molecule has 1 aromatic carbocycles. The lowest BCUT2D eigenvalue weighted by Gasteiger charge is -2.22. The topological polar surface area (TPSA) is 30.5 Å². The monoisotopic (exact) mass is 299 g/mol. The van der Waals surface area contributed by atoms with Gasteiger partial charge in [0, 0.05) is 23.2 Å². The van der Waals surface area contributed by atoms with Gasteiger partial charge in [0.25, 0.3) is 0 Å². The molecule has 0 saturated heterocycles. The summed E-state index contributed by atoms with van der Waals surface area (Å²) < 4.78 is 11.4. The minimum atomic E-state index is 0.0439. The quantitative estimate of drug-likeness (QED) is 0.844. The lowest BCUT2D eigenvalue weighted by atomic mass is 10.1. The van der Waals surface area contributed by atoms with Crippen molar-refractivity contribution < 1.29 is 9.47 Å². The van der Waals surface area contributed by atoms with Gasteiger partial charge in [-0.2, -0.15) is 0 Å². The van der Waals surface area contributed by atoms with E-state index in [1.807, 2.05) is 32.9 Å². The summed E-state index contributed by atoms with van der Waals surface area (Å²) in [6, 6.07) is 3.80. The van der Waals surface area contributed by atoms with Gasteiger partial charge in [-0.15, -0.1) is 0 Å². The van der Waals surface area contributed by atoms with Gasteiger partial charge in [-0.1, -0.05) is 11.6 Å². The van der Waals surface area contributed by atoms with Crippen molar-refractivity contribution in [2.45, 2.75) is 59.7 Å². The predicted octanol–water partition coefficient (Wildman–Crippen LogP) is 4.41. The van der Waals surface area contributed by atoms with Crippen LogP contribution in [-0.2, 0) is 6.54 Å². The van der Waals surface area contributed by atoms with Crippen molar-refractivity contribution in [3.63, 3.8) is 0 Å². The molecule has 0 atom stereocenters. The molecule has 0 spiro atoms. The molecule has 0 unspecified atom stereocenters. The summed E-state index contributed by atoms with van der Waals surface area (Å²) in [6.45, 7) is 13.6. The van der Waals surface area contributed by atoms with Crippen LogP contribution in [0.5, 0.6) is 11.5 Å². The summed E-state index contributed by atoms with van der Waals surface area (Å²) in [6.07, 6.45) is 0.0869. The lowest BCUT2D eigenvalue weighted by molar-refractivity contribution is 0.223. The molecule has 0 aliphatic carbocycles. The summed E-state index contributed by atoms with van der Waals surface area (Å²) in [5, 5.41) is 4.12. The van der Waals surface area contributed by atoms with E-state index in [9.17, 15) is 0 Å². The summed E-state index contributed by atoms with van der Waals surface area (Å²) in [4.78, 5) is 0. The van der Waals surface area contributed by atoms with Gasteiger partial charge in [0.05, 0.1) is 12.7 Å². The van der Waals surface area contributed by atoms with E-state index in [1.54, 1.807) is 0 Å². The first-order valence-electron chi connectivity index (χ1n) is 7.10. The highest BCUT2D eigenvalue weighted by molar-refractivity contribution is 6.31. The Balaban J connectivity index is 2.99. The summed E-state index contributed by atoms with van der Waals surface area (Å²) in [5.41, 5.74) is 1.06. The van der Waals surface area contributed by atoms with Crippen LogP contribution < -0.4 is 14.8 Å². The highest BCUT2D eigenvalue weighted by Crippen LogP contribution is 2.34. The SMILES string of the molecule is CCOc1cc(CNC(C)(C)C)c(Cl)cc1OC(C)C. The predicted molar refractivity (Wildman–Crippen MR) is 85.0 cm³/mol. The Bertz CT molecular complexity index is 439. The first-order chi connectivity index (χ1) is 9.23. The standard InChI is InChI=1S/C16H26ClNO2/c1-7-19-14-8-12(10-18-16(4,5)6)13(17)9-15(14)20-11(2)3/h8-9,11,18H,7,10H2,1-6H3. The molecular formula is C16H26ClNO2. The van der Waals surface area contributed by atoms with Crippen molar-refractivity contribution in [3.8, 4) is 11.5 Å². The zero-order chi connectivity index (χ0) is 15.3. The van der Waals surface area contributed by atoms with E-state index in [0.717, 1.165) is 11.3 Å². The molecule has 0 saturated carbocycles. The van der Waals surface area contributed by atoms with Gasteiger partial charge in [-0.25, -0.2) is 0 Å². The van der Waals surface area contributed by atoms with Crippen LogP contribution in [-0.4, -0.2) is 18.2 Å². The molecule has 1 rings (SSSR count). The molecule has 0 amide bonds. The smallest absolute Gasteiger partial charge is 0.163 e. The molecule has 0 fully saturated rings. The van der Waals surface area contributed by atoms with Crippen LogP contribution in [0.2, 0.25) is 5.02 Å². The van der Waals surface area contributed by atoms with E-state index in [-0.39, 0.29) is 11.6 Å². The van der Waals surface area contributed by atoms with Crippen molar-refractivity contribution in [2.75, 3.05) is 6.61 Å². The van der Waals surface area contributed by atoms with Crippen molar-refractivity contribution in [2.24, 2.45) is 0 Å². The van der Waals surface area contributed by atoms with E-state index in [1.165, 1.54) is 0 Å². The molecule has 1 N–H and O–H groups in total. The number of rotatable bonds is 6. The minimum absolute atomic E-state index is 0.0439. The molecule has 0 aliphatic rings. The maximum absolute atomic E-state index is 6.34.